The van der Waals surface area contributed by atoms with Gasteiger partial charge in [0.25, 0.3) is 11.8 Å². The zero-order chi connectivity index (χ0) is 34.4. The van der Waals surface area contributed by atoms with Crippen molar-refractivity contribution in [1.29, 1.82) is 0 Å². The van der Waals surface area contributed by atoms with Gasteiger partial charge in [-0.3, -0.25) is 14.5 Å². The van der Waals surface area contributed by atoms with E-state index in [1.807, 2.05) is 36.4 Å². The van der Waals surface area contributed by atoms with Crippen LogP contribution < -0.4 is 0 Å². The van der Waals surface area contributed by atoms with Crippen molar-refractivity contribution in [2.24, 2.45) is 11.3 Å². The number of nitrogens with zero attached hydrogens (tertiary/aromatic N) is 1. The maximum Gasteiger partial charge on any atom is 0.346 e. The molecule has 10 rings (SSSR count). The van der Waals surface area contributed by atoms with E-state index in [1.54, 1.807) is 17.0 Å². The zero-order valence-electron chi connectivity index (χ0n) is 28.7. The maximum absolute atomic E-state index is 14.6. The first-order chi connectivity index (χ1) is 24.0. The highest BCUT2D eigenvalue weighted by Gasteiger charge is 2.53. The predicted molar refractivity (Wildman–Crippen MR) is 194 cm³/mol. The van der Waals surface area contributed by atoms with Crippen molar-refractivity contribution in [1.82, 2.24) is 4.90 Å². The highest BCUT2D eigenvalue weighted by Crippen LogP contribution is 2.58. The number of carbonyl (C=O) groups is 4. The quantitative estimate of drug-likeness (QED) is 0.0622. The van der Waals surface area contributed by atoms with Gasteiger partial charge in [0, 0.05) is 28.4 Å². The summed E-state index contributed by atoms with van der Waals surface area (Å²) in [5.74, 6) is -0.931. The molecule has 1 saturated carbocycles. The van der Waals surface area contributed by atoms with Gasteiger partial charge in [-0.25, -0.2) is 9.59 Å². The van der Waals surface area contributed by atoms with E-state index in [1.165, 1.54) is 16.7 Å². The summed E-state index contributed by atoms with van der Waals surface area (Å²) >= 11 is 0. The van der Waals surface area contributed by atoms with Crippen LogP contribution in [0.15, 0.2) is 66.7 Å². The van der Waals surface area contributed by atoms with E-state index in [-0.39, 0.29) is 22.6 Å². The number of fused-ring (bicyclic) bond motifs is 5. The lowest BCUT2D eigenvalue weighted by molar-refractivity contribution is 0.000253. The SMILES string of the molecule is CC(C)c1ccc2c(c1)CCC1C(C)(CN3C(=O)c4ccc5c6ccc7c8c(ccc(c9ccc(c4c59)C3=O)c86)C(=O)OC7=O)CCCC21C. The molecule has 0 spiro atoms. The average Bonchev–Trinajstić information content (AvgIpc) is 3.10. The van der Waals surface area contributed by atoms with Crippen LogP contribution >= 0.6 is 0 Å². The Kier molecular flexibility index (Phi) is 5.82. The lowest BCUT2D eigenvalue weighted by Crippen LogP contribution is -2.55. The molecule has 3 unspecified atom stereocenters. The van der Waals surface area contributed by atoms with Crippen molar-refractivity contribution in [2.45, 2.75) is 71.1 Å². The van der Waals surface area contributed by atoms with Crippen LogP contribution in [0.4, 0.5) is 0 Å². The molecule has 6 aromatic carbocycles. The minimum Gasteiger partial charge on any atom is -0.386 e. The summed E-state index contributed by atoms with van der Waals surface area (Å²) in [4.78, 5) is 56.1. The molecule has 0 saturated heterocycles. The second-order valence-corrected chi connectivity index (χ2v) is 16.1. The van der Waals surface area contributed by atoms with Gasteiger partial charge in [0.05, 0.1) is 11.1 Å². The maximum atomic E-state index is 14.6. The molecule has 2 aliphatic heterocycles. The Morgan fingerprint density at radius 2 is 1.24 bits per heavy atom. The van der Waals surface area contributed by atoms with Crippen LogP contribution in [0.5, 0.6) is 0 Å². The van der Waals surface area contributed by atoms with Crippen LogP contribution in [0.25, 0.3) is 43.1 Å². The Balaban J connectivity index is 1.09. The van der Waals surface area contributed by atoms with Crippen LogP contribution in [-0.4, -0.2) is 35.2 Å². The molecule has 0 bridgehead atoms. The van der Waals surface area contributed by atoms with E-state index in [9.17, 15) is 19.2 Å². The number of amides is 2. The Morgan fingerprint density at radius 3 is 1.80 bits per heavy atom. The molecular weight excluding hydrogens is 622 g/mol. The first-order valence-corrected chi connectivity index (χ1v) is 18.0. The number of ether oxygens (including phenoxy) is 1. The summed E-state index contributed by atoms with van der Waals surface area (Å²) in [7, 11) is 0. The number of imide groups is 1. The number of benzene rings is 6. The van der Waals surface area contributed by atoms with Crippen LogP contribution in [0, 0.1) is 11.3 Å². The van der Waals surface area contributed by atoms with Crippen LogP contribution in [0.2, 0.25) is 0 Å². The van der Waals surface area contributed by atoms with Crippen LogP contribution in [0.1, 0.15) is 117 Å². The monoisotopic (exact) mass is 659 g/mol. The minimum atomic E-state index is -0.650. The van der Waals surface area contributed by atoms with Gasteiger partial charge >= 0.3 is 11.9 Å². The Bertz CT molecular complexity index is 2460. The van der Waals surface area contributed by atoms with Crippen molar-refractivity contribution < 1.29 is 23.9 Å². The molecule has 2 heterocycles. The molecule has 0 radical (unpaired) electrons. The molecule has 1 fully saturated rings. The number of cyclic esters (lactones) is 2. The molecule has 2 aliphatic carbocycles. The molecule has 0 aromatic heterocycles. The third-order valence-corrected chi connectivity index (χ3v) is 13.2. The Labute approximate surface area is 289 Å². The van der Waals surface area contributed by atoms with E-state index < -0.39 is 11.9 Å². The number of esters is 2. The van der Waals surface area contributed by atoms with Gasteiger partial charge in [0.15, 0.2) is 0 Å². The summed E-state index contributed by atoms with van der Waals surface area (Å²) in [6.45, 7) is 9.63. The fourth-order valence-corrected chi connectivity index (χ4v) is 10.9. The van der Waals surface area contributed by atoms with Crippen molar-refractivity contribution >= 4 is 66.8 Å². The first kappa shape index (κ1) is 29.8. The van der Waals surface area contributed by atoms with E-state index in [0.29, 0.717) is 51.4 Å². The largest absolute Gasteiger partial charge is 0.386 e. The minimum absolute atomic E-state index is 0.00728. The smallest absolute Gasteiger partial charge is 0.346 e. The van der Waals surface area contributed by atoms with Crippen molar-refractivity contribution in [3.63, 3.8) is 0 Å². The predicted octanol–water partition coefficient (Wildman–Crippen LogP) is 9.48. The van der Waals surface area contributed by atoms with Gasteiger partial charge in [-0.05, 0) is 122 Å². The number of rotatable bonds is 3. The zero-order valence-corrected chi connectivity index (χ0v) is 28.7. The number of hydrogen-bond acceptors (Lipinski definition) is 5. The fraction of sp³-hybridized carbons (Fsp3) is 0.318. The molecule has 6 aromatic rings. The molecular formula is C44H37NO5. The van der Waals surface area contributed by atoms with Gasteiger partial charge < -0.3 is 4.74 Å². The average molecular weight is 660 g/mol. The van der Waals surface area contributed by atoms with E-state index in [4.69, 9.17) is 4.74 Å². The first-order valence-electron chi connectivity index (χ1n) is 18.0. The molecule has 4 aliphatic rings. The molecule has 6 heteroatoms. The van der Waals surface area contributed by atoms with Crippen molar-refractivity contribution in [3.05, 3.63) is 106 Å². The third-order valence-electron chi connectivity index (χ3n) is 13.2. The molecule has 6 nitrogen and oxygen atoms in total. The van der Waals surface area contributed by atoms with Gasteiger partial charge in [-0.15, -0.1) is 0 Å². The molecule has 2 amide bonds. The van der Waals surface area contributed by atoms with Gasteiger partial charge in [-0.1, -0.05) is 76.6 Å². The summed E-state index contributed by atoms with van der Waals surface area (Å²) < 4.78 is 5.01. The highest BCUT2D eigenvalue weighted by molar-refractivity contribution is 6.40. The molecule has 50 heavy (non-hydrogen) atoms. The number of carbonyl (C=O) groups excluding carboxylic acids is 4. The van der Waals surface area contributed by atoms with Crippen LogP contribution in [0.3, 0.4) is 0 Å². The Morgan fingerprint density at radius 1 is 0.700 bits per heavy atom. The summed E-state index contributed by atoms with van der Waals surface area (Å²) in [6.07, 6.45) is 5.22. The van der Waals surface area contributed by atoms with Gasteiger partial charge in [-0.2, -0.15) is 0 Å². The summed E-state index contributed by atoms with van der Waals surface area (Å²) in [5, 5.41) is 6.47. The van der Waals surface area contributed by atoms with E-state index in [2.05, 4.69) is 45.9 Å². The topological polar surface area (TPSA) is 80.8 Å². The van der Waals surface area contributed by atoms with Gasteiger partial charge in [0.2, 0.25) is 0 Å². The second kappa shape index (κ2) is 9.78. The normalized spacial score (nSPS) is 24.5. The Hall–Kier alpha value is -5.10. The second-order valence-electron chi connectivity index (χ2n) is 16.1. The highest BCUT2D eigenvalue weighted by atomic mass is 16.6. The van der Waals surface area contributed by atoms with Crippen molar-refractivity contribution in [3.8, 4) is 0 Å². The molecule has 3 atom stereocenters. The number of aryl methyl sites for hydroxylation is 1. The standard InChI is InChI=1S/C44H37NO5/c1-22(2)23-6-16-33-24(20-23)7-17-34-43(3,18-5-19-44(33,34)4)21-45-39(46)29-12-8-25-27-10-14-31-38-32(42(49)50-41(31)48)15-11-28(36(27)38)26-9-13-30(40(45)47)37(29)35(25)26/h6,8-16,20,22,34H,5,7,17-19,21H2,1-4H3. The van der Waals surface area contributed by atoms with E-state index in [0.717, 1.165) is 64.4 Å². The fourth-order valence-electron chi connectivity index (χ4n) is 10.9. The third kappa shape index (κ3) is 3.64. The summed E-state index contributed by atoms with van der Waals surface area (Å²) in [5.41, 5.74) is 5.90. The molecule has 0 N–H and O–H groups in total. The number of hydrogen-bond donors (Lipinski definition) is 0. The van der Waals surface area contributed by atoms with E-state index >= 15 is 0 Å². The van der Waals surface area contributed by atoms with Crippen LogP contribution in [-0.2, 0) is 16.6 Å². The van der Waals surface area contributed by atoms with Crippen molar-refractivity contribution in [2.75, 3.05) is 6.54 Å². The van der Waals surface area contributed by atoms with Gasteiger partial charge in [0.1, 0.15) is 0 Å². The molecule has 248 valence electrons. The lowest BCUT2D eigenvalue weighted by Gasteiger charge is -2.56. The summed E-state index contributed by atoms with van der Waals surface area (Å²) in [6, 6.07) is 22.0. The lowest BCUT2D eigenvalue weighted by atomic mass is 9.49.